The van der Waals surface area contributed by atoms with Crippen molar-refractivity contribution in [3.63, 3.8) is 0 Å². The van der Waals surface area contributed by atoms with Crippen molar-refractivity contribution in [3.05, 3.63) is 6.20 Å². The Morgan fingerprint density at radius 1 is 1.17 bits per heavy atom. The lowest BCUT2D eigenvalue weighted by Crippen LogP contribution is -2.46. The molecule has 9 nitrogen and oxygen atoms in total. The van der Waals surface area contributed by atoms with Crippen LogP contribution in [0.2, 0.25) is 0 Å². The van der Waals surface area contributed by atoms with Gasteiger partial charge in [0.25, 0.3) is 0 Å². The fourth-order valence-corrected chi connectivity index (χ4v) is 2.71. The standard InChI is InChI=1S/C14H23N7O2/c22-12-20-3-5-21(6-4-20)14-17-13(11-16-18-14)15-1-2-19-7-9-23-10-8-19/h11-12H,1-10H2,(H,15,17,18). The number of hydrogen-bond donors (Lipinski definition) is 1. The van der Waals surface area contributed by atoms with Gasteiger partial charge in [0.15, 0.2) is 5.82 Å². The Morgan fingerprint density at radius 2 is 1.96 bits per heavy atom. The fourth-order valence-electron chi connectivity index (χ4n) is 2.71. The number of rotatable bonds is 6. The fraction of sp³-hybridized carbons (Fsp3) is 0.714. The molecule has 2 saturated heterocycles. The van der Waals surface area contributed by atoms with Crippen LogP contribution in [0.25, 0.3) is 0 Å². The number of piperazine rings is 1. The van der Waals surface area contributed by atoms with Crippen LogP contribution in [0.1, 0.15) is 0 Å². The minimum absolute atomic E-state index is 0.618. The first-order valence-electron chi connectivity index (χ1n) is 8.03. The van der Waals surface area contributed by atoms with E-state index >= 15 is 0 Å². The van der Waals surface area contributed by atoms with Gasteiger partial charge in [-0.3, -0.25) is 9.69 Å². The van der Waals surface area contributed by atoms with Crippen molar-refractivity contribution in [2.45, 2.75) is 0 Å². The van der Waals surface area contributed by atoms with Crippen LogP contribution < -0.4 is 10.2 Å². The summed E-state index contributed by atoms with van der Waals surface area (Å²) >= 11 is 0. The van der Waals surface area contributed by atoms with E-state index in [1.165, 1.54) is 0 Å². The second-order valence-corrected chi connectivity index (χ2v) is 5.65. The molecule has 2 aliphatic heterocycles. The third kappa shape index (κ3) is 4.49. The average molecular weight is 321 g/mol. The molecule has 126 valence electrons. The number of carbonyl (C=O) groups excluding carboxylic acids is 1. The monoisotopic (exact) mass is 321 g/mol. The Morgan fingerprint density at radius 3 is 2.70 bits per heavy atom. The number of nitrogens with one attached hydrogen (secondary N) is 1. The van der Waals surface area contributed by atoms with Gasteiger partial charge in [-0.25, -0.2) is 0 Å². The summed E-state index contributed by atoms with van der Waals surface area (Å²) in [6.07, 6.45) is 2.53. The number of aromatic nitrogens is 3. The summed E-state index contributed by atoms with van der Waals surface area (Å²) in [4.78, 5) is 21.4. The molecule has 1 N–H and O–H groups in total. The molecule has 0 bridgehead atoms. The maximum atomic E-state index is 10.7. The van der Waals surface area contributed by atoms with E-state index in [2.05, 4.69) is 30.3 Å². The highest BCUT2D eigenvalue weighted by Gasteiger charge is 2.18. The van der Waals surface area contributed by atoms with Gasteiger partial charge in [0, 0.05) is 52.4 Å². The zero-order chi connectivity index (χ0) is 15.9. The van der Waals surface area contributed by atoms with E-state index in [9.17, 15) is 4.79 Å². The number of ether oxygens (including phenoxy) is 1. The molecule has 0 saturated carbocycles. The van der Waals surface area contributed by atoms with Crippen molar-refractivity contribution < 1.29 is 9.53 Å². The number of nitrogens with zero attached hydrogens (tertiary/aromatic N) is 6. The lowest BCUT2D eigenvalue weighted by Gasteiger charge is -2.32. The van der Waals surface area contributed by atoms with E-state index in [0.717, 1.165) is 64.7 Å². The highest BCUT2D eigenvalue weighted by atomic mass is 16.5. The molecule has 0 aliphatic carbocycles. The molecule has 9 heteroatoms. The van der Waals surface area contributed by atoms with E-state index in [-0.39, 0.29) is 0 Å². The minimum Gasteiger partial charge on any atom is -0.379 e. The highest BCUT2D eigenvalue weighted by molar-refractivity contribution is 5.48. The second-order valence-electron chi connectivity index (χ2n) is 5.65. The first-order chi connectivity index (χ1) is 11.3. The smallest absolute Gasteiger partial charge is 0.247 e. The van der Waals surface area contributed by atoms with E-state index in [4.69, 9.17) is 4.74 Å². The highest BCUT2D eigenvalue weighted by Crippen LogP contribution is 2.11. The SMILES string of the molecule is O=CN1CCN(c2nncc(NCCN3CCOCC3)n2)CC1. The molecule has 2 aliphatic rings. The summed E-state index contributed by atoms with van der Waals surface area (Å²) in [6.45, 7) is 8.22. The molecule has 1 aromatic rings. The number of amides is 1. The molecule has 0 unspecified atom stereocenters. The Hall–Kier alpha value is -2.00. The van der Waals surface area contributed by atoms with Crippen LogP contribution in [0, 0.1) is 0 Å². The van der Waals surface area contributed by atoms with Crippen LogP contribution >= 0.6 is 0 Å². The molecule has 0 radical (unpaired) electrons. The summed E-state index contributed by atoms with van der Waals surface area (Å²) in [7, 11) is 0. The summed E-state index contributed by atoms with van der Waals surface area (Å²) in [5.74, 6) is 1.35. The van der Waals surface area contributed by atoms with Gasteiger partial charge in [0.1, 0.15) is 0 Å². The van der Waals surface area contributed by atoms with Gasteiger partial charge in [-0.05, 0) is 0 Å². The Bertz CT molecular complexity index is 502. The Kier molecular flexibility index (Phi) is 5.54. The van der Waals surface area contributed by atoms with Crippen molar-refractivity contribution in [2.24, 2.45) is 0 Å². The third-order valence-electron chi connectivity index (χ3n) is 4.13. The molecule has 3 rings (SSSR count). The van der Waals surface area contributed by atoms with Crippen molar-refractivity contribution in [1.82, 2.24) is 25.0 Å². The molecular weight excluding hydrogens is 298 g/mol. The van der Waals surface area contributed by atoms with Crippen LogP contribution in [-0.4, -0.2) is 97.0 Å². The molecule has 3 heterocycles. The molecule has 1 aromatic heterocycles. The molecular formula is C14H23N7O2. The lowest BCUT2D eigenvalue weighted by atomic mass is 10.3. The van der Waals surface area contributed by atoms with Gasteiger partial charge < -0.3 is 19.9 Å². The molecule has 1 amide bonds. The topological polar surface area (TPSA) is 86.7 Å². The van der Waals surface area contributed by atoms with Crippen LogP contribution in [-0.2, 0) is 9.53 Å². The van der Waals surface area contributed by atoms with Gasteiger partial charge >= 0.3 is 0 Å². The predicted octanol–water partition coefficient (Wildman–Crippen LogP) is -1.11. The van der Waals surface area contributed by atoms with E-state index in [1.54, 1.807) is 11.1 Å². The number of morpholine rings is 1. The van der Waals surface area contributed by atoms with E-state index < -0.39 is 0 Å². The van der Waals surface area contributed by atoms with Gasteiger partial charge in [-0.2, -0.15) is 10.1 Å². The third-order valence-corrected chi connectivity index (χ3v) is 4.13. The molecule has 0 atom stereocenters. The van der Waals surface area contributed by atoms with Gasteiger partial charge in [0.05, 0.1) is 19.4 Å². The zero-order valence-corrected chi connectivity index (χ0v) is 13.2. The van der Waals surface area contributed by atoms with Crippen molar-refractivity contribution >= 4 is 18.2 Å². The molecule has 0 aromatic carbocycles. The van der Waals surface area contributed by atoms with Crippen molar-refractivity contribution in [3.8, 4) is 0 Å². The van der Waals surface area contributed by atoms with Gasteiger partial charge in [-0.1, -0.05) is 0 Å². The lowest BCUT2D eigenvalue weighted by molar-refractivity contribution is -0.118. The van der Waals surface area contributed by atoms with Crippen LogP contribution in [0.3, 0.4) is 0 Å². The molecule has 23 heavy (non-hydrogen) atoms. The van der Waals surface area contributed by atoms with Gasteiger partial charge in [-0.15, -0.1) is 5.10 Å². The second kappa shape index (κ2) is 8.02. The van der Waals surface area contributed by atoms with Crippen molar-refractivity contribution in [2.75, 3.05) is 75.8 Å². The van der Waals surface area contributed by atoms with Crippen LogP contribution in [0.15, 0.2) is 6.20 Å². The number of anilines is 2. The quantitative estimate of drug-likeness (QED) is 0.661. The summed E-state index contributed by atoms with van der Waals surface area (Å²) in [5, 5.41) is 11.4. The number of hydrogen-bond acceptors (Lipinski definition) is 8. The summed E-state index contributed by atoms with van der Waals surface area (Å²) in [5.41, 5.74) is 0. The normalized spacial score (nSPS) is 19.7. The van der Waals surface area contributed by atoms with Gasteiger partial charge in [0.2, 0.25) is 12.4 Å². The Balaban J connectivity index is 1.48. The van der Waals surface area contributed by atoms with Crippen LogP contribution in [0.4, 0.5) is 11.8 Å². The maximum absolute atomic E-state index is 10.7. The molecule has 0 spiro atoms. The predicted molar refractivity (Wildman–Crippen MR) is 85.4 cm³/mol. The zero-order valence-electron chi connectivity index (χ0n) is 13.2. The summed E-state index contributed by atoms with van der Waals surface area (Å²) in [6, 6.07) is 0. The Labute approximate surface area is 135 Å². The first kappa shape index (κ1) is 15.9. The van der Waals surface area contributed by atoms with E-state index in [0.29, 0.717) is 19.0 Å². The largest absolute Gasteiger partial charge is 0.379 e. The van der Waals surface area contributed by atoms with Crippen LogP contribution in [0.5, 0.6) is 0 Å². The number of carbonyl (C=O) groups is 1. The van der Waals surface area contributed by atoms with E-state index in [1.807, 2.05) is 0 Å². The first-order valence-corrected chi connectivity index (χ1v) is 8.03. The van der Waals surface area contributed by atoms with Crippen molar-refractivity contribution in [1.29, 1.82) is 0 Å². The summed E-state index contributed by atoms with van der Waals surface area (Å²) < 4.78 is 5.34. The minimum atomic E-state index is 0.618. The maximum Gasteiger partial charge on any atom is 0.247 e. The average Bonchev–Trinajstić information content (AvgIpc) is 2.63. The molecule has 2 fully saturated rings.